The Morgan fingerprint density at radius 3 is 2.44 bits per heavy atom. The summed E-state index contributed by atoms with van der Waals surface area (Å²) in [5.41, 5.74) is 0.344. The van der Waals surface area contributed by atoms with E-state index >= 15 is 0 Å². The van der Waals surface area contributed by atoms with Gasteiger partial charge in [0.1, 0.15) is 5.82 Å². The van der Waals surface area contributed by atoms with E-state index < -0.39 is 21.5 Å². The first-order valence-corrected chi connectivity index (χ1v) is 12.8. The monoisotopic (exact) mass is 483 g/mol. The smallest absolute Gasteiger partial charge is 0.226 e. The maximum Gasteiger partial charge on any atom is 0.226 e. The molecule has 10 heteroatoms. The number of aromatic nitrogens is 1. The average molecular weight is 484 g/mol. The number of anilines is 1. The number of nitrogens with zero attached hydrogens (tertiary/aromatic N) is 3. The summed E-state index contributed by atoms with van der Waals surface area (Å²) in [6, 6.07) is 5.14. The summed E-state index contributed by atoms with van der Waals surface area (Å²) in [4.78, 5) is 20.7. The second-order valence-electron chi connectivity index (χ2n) is 8.42. The lowest BCUT2D eigenvalue weighted by Gasteiger charge is -2.37. The molecule has 4 rings (SSSR count). The number of benzene rings is 1. The van der Waals surface area contributed by atoms with Gasteiger partial charge < -0.3 is 9.80 Å². The van der Waals surface area contributed by atoms with Gasteiger partial charge >= 0.3 is 0 Å². The summed E-state index contributed by atoms with van der Waals surface area (Å²) >= 11 is 5.77. The zero-order valence-corrected chi connectivity index (χ0v) is 19.2. The maximum absolute atomic E-state index is 14.4. The molecule has 0 spiro atoms. The van der Waals surface area contributed by atoms with E-state index in [1.165, 1.54) is 24.4 Å². The van der Waals surface area contributed by atoms with Gasteiger partial charge in [0.25, 0.3) is 0 Å². The third-order valence-electron chi connectivity index (χ3n) is 6.26. The number of hydrogen-bond acceptors (Lipinski definition) is 5. The van der Waals surface area contributed by atoms with Crippen molar-refractivity contribution < 1.29 is 22.0 Å². The lowest BCUT2D eigenvalue weighted by molar-refractivity contribution is -0.133. The van der Waals surface area contributed by atoms with Crippen LogP contribution in [0.5, 0.6) is 0 Å². The topological polar surface area (TPSA) is 70.6 Å². The van der Waals surface area contributed by atoms with Gasteiger partial charge in [-0.2, -0.15) is 0 Å². The quantitative estimate of drug-likeness (QED) is 0.651. The van der Waals surface area contributed by atoms with E-state index in [2.05, 4.69) is 4.98 Å². The molecule has 32 heavy (non-hydrogen) atoms. The number of piperidine rings is 1. The number of hydrogen-bond donors (Lipinski definition) is 0. The Labute approximate surface area is 191 Å². The third kappa shape index (κ3) is 4.73. The van der Waals surface area contributed by atoms with E-state index in [0.29, 0.717) is 44.5 Å². The van der Waals surface area contributed by atoms with Crippen molar-refractivity contribution in [3.63, 3.8) is 0 Å². The van der Waals surface area contributed by atoms with E-state index in [1.54, 1.807) is 0 Å². The van der Waals surface area contributed by atoms with Crippen LogP contribution in [0.4, 0.5) is 14.6 Å². The number of likely N-dealkylation sites (tertiary alicyclic amines) is 1. The van der Waals surface area contributed by atoms with Gasteiger partial charge in [-0.15, -0.1) is 0 Å². The number of rotatable bonds is 5. The number of halogens is 3. The number of carbonyl (C=O) groups excluding carboxylic acids is 1. The number of amides is 1. The van der Waals surface area contributed by atoms with Gasteiger partial charge in [0, 0.05) is 44.0 Å². The molecule has 0 unspecified atom stereocenters. The van der Waals surface area contributed by atoms with Gasteiger partial charge in [0.05, 0.1) is 9.92 Å². The van der Waals surface area contributed by atoms with Crippen molar-refractivity contribution in [2.75, 3.05) is 30.8 Å². The van der Waals surface area contributed by atoms with E-state index in [9.17, 15) is 22.0 Å². The second kappa shape index (κ2) is 8.94. The van der Waals surface area contributed by atoms with Crippen molar-refractivity contribution in [2.24, 2.45) is 5.92 Å². The first-order valence-electron chi connectivity index (χ1n) is 10.5. The van der Waals surface area contributed by atoms with Crippen molar-refractivity contribution in [2.45, 2.75) is 36.6 Å². The van der Waals surface area contributed by atoms with Crippen LogP contribution in [0.1, 0.15) is 24.8 Å². The summed E-state index contributed by atoms with van der Waals surface area (Å²) < 4.78 is 51.8. The molecular formula is C22H24ClF2N3O3S. The Bertz CT molecular complexity index is 1140. The fraction of sp³-hybridized carbons (Fsp3) is 0.455. The highest BCUT2D eigenvalue weighted by Gasteiger charge is 2.37. The predicted octanol–water partition coefficient (Wildman–Crippen LogP) is 3.48. The van der Waals surface area contributed by atoms with Crippen molar-refractivity contribution >= 4 is 33.2 Å². The van der Waals surface area contributed by atoms with Crippen LogP contribution in [-0.2, 0) is 21.1 Å². The molecule has 0 bridgehead atoms. The molecule has 0 N–H and O–H groups in total. The zero-order chi connectivity index (χ0) is 23.0. The second-order valence-corrected chi connectivity index (χ2v) is 10.9. The van der Waals surface area contributed by atoms with Crippen molar-refractivity contribution in [3.8, 4) is 0 Å². The molecule has 172 valence electrons. The molecule has 1 amide bonds. The molecule has 6 nitrogen and oxygen atoms in total. The molecule has 3 heterocycles. The van der Waals surface area contributed by atoms with Crippen LogP contribution in [0.2, 0.25) is 5.02 Å². The van der Waals surface area contributed by atoms with Gasteiger partial charge in [0.2, 0.25) is 5.91 Å². The maximum atomic E-state index is 14.4. The molecular weight excluding hydrogens is 460 g/mol. The minimum absolute atomic E-state index is 0.00848. The molecule has 0 saturated carbocycles. The molecule has 1 atom stereocenters. The minimum atomic E-state index is -3.49. The third-order valence-corrected chi connectivity index (χ3v) is 7.58. The van der Waals surface area contributed by atoms with E-state index in [0.717, 1.165) is 12.3 Å². The number of carbonyl (C=O) groups is 1. The van der Waals surface area contributed by atoms with E-state index in [4.69, 9.17) is 11.6 Å². The highest BCUT2D eigenvalue weighted by Crippen LogP contribution is 2.30. The molecule has 2 aromatic rings. The molecule has 0 aliphatic carbocycles. The predicted molar refractivity (Wildman–Crippen MR) is 117 cm³/mol. The fourth-order valence-electron chi connectivity index (χ4n) is 4.53. The highest BCUT2D eigenvalue weighted by atomic mass is 35.5. The summed E-state index contributed by atoms with van der Waals surface area (Å²) in [5.74, 6) is -1.14. The normalized spacial score (nSPS) is 20.2. The standard InChI is InChI=1S/C22H24ClF2N3O3S/c1-32(30,31)18-3-2-14(19(24)12-18)10-15-4-9-28(22(15)29)17-5-7-27(8-6-17)21-20(25)11-16(23)13-26-21/h2-3,11-13,15,17H,4-10H2,1H3/t15-/m1/s1. The van der Waals surface area contributed by atoms with Crippen molar-refractivity contribution in [3.05, 3.63) is 52.7 Å². The SMILES string of the molecule is CS(=O)(=O)c1ccc(C[C@H]2CCN(C3CCN(c4ncc(Cl)cc4F)CC3)C2=O)c(F)c1. The molecule has 2 saturated heterocycles. The molecule has 2 fully saturated rings. The summed E-state index contributed by atoms with van der Waals surface area (Å²) in [5, 5.41) is 0.247. The first kappa shape index (κ1) is 22.9. The Morgan fingerprint density at radius 1 is 1.09 bits per heavy atom. The Hall–Kier alpha value is -2.26. The highest BCUT2D eigenvalue weighted by molar-refractivity contribution is 7.90. The summed E-state index contributed by atoms with van der Waals surface area (Å²) in [7, 11) is -3.49. The van der Waals surface area contributed by atoms with E-state index in [-0.39, 0.29) is 40.0 Å². The van der Waals surface area contributed by atoms with Crippen LogP contribution in [0, 0.1) is 17.6 Å². The molecule has 0 radical (unpaired) electrons. The van der Waals surface area contributed by atoms with Crippen LogP contribution in [-0.4, -0.2) is 56.1 Å². The Balaban J connectivity index is 1.37. The Kier molecular flexibility index (Phi) is 6.40. The van der Waals surface area contributed by atoms with Crippen LogP contribution in [0.15, 0.2) is 35.4 Å². The van der Waals surface area contributed by atoms with Gasteiger partial charge in [-0.1, -0.05) is 17.7 Å². The molecule has 2 aliphatic rings. The lowest BCUT2D eigenvalue weighted by atomic mass is 9.97. The zero-order valence-electron chi connectivity index (χ0n) is 17.6. The summed E-state index contributed by atoms with van der Waals surface area (Å²) in [6.07, 6.45) is 4.70. The van der Waals surface area contributed by atoms with Gasteiger partial charge in [-0.3, -0.25) is 4.79 Å². The number of sulfone groups is 1. The molecule has 1 aromatic heterocycles. The van der Waals surface area contributed by atoms with Crippen molar-refractivity contribution in [1.82, 2.24) is 9.88 Å². The van der Waals surface area contributed by atoms with Crippen LogP contribution in [0.25, 0.3) is 0 Å². The average Bonchev–Trinajstić information content (AvgIpc) is 3.09. The van der Waals surface area contributed by atoms with Crippen molar-refractivity contribution in [1.29, 1.82) is 0 Å². The lowest BCUT2D eigenvalue weighted by Crippen LogP contribution is -2.46. The minimum Gasteiger partial charge on any atom is -0.354 e. The number of pyridine rings is 1. The Morgan fingerprint density at radius 2 is 1.81 bits per heavy atom. The van der Waals surface area contributed by atoms with Crippen LogP contribution < -0.4 is 4.90 Å². The van der Waals surface area contributed by atoms with Crippen LogP contribution >= 0.6 is 11.6 Å². The van der Waals surface area contributed by atoms with Gasteiger partial charge in [0.15, 0.2) is 21.5 Å². The molecule has 1 aromatic carbocycles. The first-order chi connectivity index (χ1) is 15.1. The summed E-state index contributed by atoms with van der Waals surface area (Å²) in [6.45, 7) is 1.75. The molecule has 2 aliphatic heterocycles. The fourth-order valence-corrected chi connectivity index (χ4v) is 5.31. The van der Waals surface area contributed by atoms with Gasteiger partial charge in [-0.05, 0) is 49.4 Å². The van der Waals surface area contributed by atoms with Crippen LogP contribution in [0.3, 0.4) is 0 Å². The van der Waals surface area contributed by atoms with Gasteiger partial charge in [-0.25, -0.2) is 22.2 Å². The largest absolute Gasteiger partial charge is 0.354 e. The van der Waals surface area contributed by atoms with E-state index in [1.807, 2.05) is 9.80 Å².